The molecule has 4 nitrogen and oxygen atoms in total. The number of hydrogen-bond donors (Lipinski definition) is 1. The maximum atomic E-state index is 12.3. The number of carbonyl (C=O) groups is 1. The molecule has 2 aromatic rings. The molecule has 0 saturated carbocycles. The van der Waals surface area contributed by atoms with Crippen molar-refractivity contribution >= 4 is 5.91 Å². The number of aryl methyl sites for hydroxylation is 1. The van der Waals surface area contributed by atoms with E-state index in [2.05, 4.69) is 10.4 Å². The first kappa shape index (κ1) is 13.3. The molecular formula is C15H19N3O. The van der Waals surface area contributed by atoms with Gasteiger partial charge in [0.25, 0.3) is 0 Å². The molecule has 0 atom stereocenters. The summed E-state index contributed by atoms with van der Waals surface area (Å²) in [6.07, 6.45) is 3.66. The van der Waals surface area contributed by atoms with Gasteiger partial charge in [0.2, 0.25) is 5.91 Å². The summed E-state index contributed by atoms with van der Waals surface area (Å²) in [6.45, 7) is 4.37. The van der Waals surface area contributed by atoms with Crippen LogP contribution >= 0.6 is 0 Å². The van der Waals surface area contributed by atoms with Crippen LogP contribution in [-0.2, 0) is 23.8 Å². The predicted molar refractivity (Wildman–Crippen MR) is 74.5 cm³/mol. The minimum atomic E-state index is -0.538. The maximum absolute atomic E-state index is 12.3. The van der Waals surface area contributed by atoms with E-state index in [-0.39, 0.29) is 5.91 Å². The Morgan fingerprint density at radius 1 is 1.32 bits per heavy atom. The first-order valence-electron chi connectivity index (χ1n) is 6.31. The van der Waals surface area contributed by atoms with Crippen LogP contribution in [-0.4, -0.2) is 15.7 Å². The van der Waals surface area contributed by atoms with Crippen LogP contribution < -0.4 is 5.32 Å². The van der Waals surface area contributed by atoms with E-state index in [0.717, 1.165) is 11.1 Å². The van der Waals surface area contributed by atoms with Gasteiger partial charge in [-0.25, -0.2) is 0 Å². The van der Waals surface area contributed by atoms with Crippen LogP contribution in [0.2, 0.25) is 0 Å². The molecule has 2 rings (SSSR count). The number of benzene rings is 1. The molecule has 0 fully saturated rings. The lowest BCUT2D eigenvalue weighted by Crippen LogP contribution is -2.39. The number of rotatable bonds is 4. The summed E-state index contributed by atoms with van der Waals surface area (Å²) in [5, 5.41) is 7.04. The zero-order chi connectivity index (χ0) is 13.9. The average Bonchev–Trinajstić information content (AvgIpc) is 2.82. The third-order valence-corrected chi connectivity index (χ3v) is 3.27. The number of aromatic nitrogens is 2. The molecule has 1 amide bonds. The van der Waals surface area contributed by atoms with E-state index < -0.39 is 5.41 Å². The summed E-state index contributed by atoms with van der Waals surface area (Å²) in [7, 11) is 1.86. The van der Waals surface area contributed by atoms with Gasteiger partial charge in [-0.2, -0.15) is 5.10 Å². The largest absolute Gasteiger partial charge is 0.351 e. The van der Waals surface area contributed by atoms with Gasteiger partial charge < -0.3 is 5.32 Å². The van der Waals surface area contributed by atoms with Crippen molar-refractivity contribution in [3.05, 3.63) is 53.9 Å². The van der Waals surface area contributed by atoms with Gasteiger partial charge in [-0.15, -0.1) is 0 Å². The Morgan fingerprint density at radius 2 is 2.00 bits per heavy atom. The second-order valence-electron chi connectivity index (χ2n) is 5.20. The second kappa shape index (κ2) is 5.26. The lowest BCUT2D eigenvalue weighted by atomic mass is 9.84. The van der Waals surface area contributed by atoms with E-state index >= 15 is 0 Å². The Balaban J connectivity index is 2.03. The Labute approximate surface area is 113 Å². The van der Waals surface area contributed by atoms with Crippen molar-refractivity contribution in [2.45, 2.75) is 25.8 Å². The summed E-state index contributed by atoms with van der Waals surface area (Å²) in [5.41, 5.74) is 1.47. The van der Waals surface area contributed by atoms with Gasteiger partial charge in [-0.3, -0.25) is 9.48 Å². The number of nitrogens with one attached hydrogen (secondary N) is 1. The highest BCUT2D eigenvalue weighted by atomic mass is 16.2. The first-order valence-corrected chi connectivity index (χ1v) is 6.31. The van der Waals surface area contributed by atoms with E-state index in [9.17, 15) is 4.79 Å². The molecule has 1 aromatic heterocycles. The summed E-state index contributed by atoms with van der Waals surface area (Å²) < 4.78 is 1.73. The van der Waals surface area contributed by atoms with Crippen LogP contribution in [0.25, 0.3) is 0 Å². The predicted octanol–water partition coefficient (Wildman–Crippen LogP) is 2.01. The molecule has 0 aliphatic rings. The lowest BCUT2D eigenvalue weighted by Gasteiger charge is -2.24. The molecule has 1 heterocycles. The highest BCUT2D eigenvalue weighted by molar-refractivity contribution is 5.87. The fourth-order valence-electron chi connectivity index (χ4n) is 1.95. The van der Waals surface area contributed by atoms with Crippen molar-refractivity contribution in [1.82, 2.24) is 15.1 Å². The molecular weight excluding hydrogens is 238 g/mol. The fraction of sp³-hybridized carbons (Fsp3) is 0.333. The molecule has 0 saturated heterocycles. The summed E-state index contributed by atoms with van der Waals surface area (Å²) in [4.78, 5) is 12.3. The minimum absolute atomic E-state index is 0.0163. The van der Waals surface area contributed by atoms with Crippen molar-refractivity contribution in [3.63, 3.8) is 0 Å². The molecule has 0 unspecified atom stereocenters. The van der Waals surface area contributed by atoms with Crippen LogP contribution in [0.5, 0.6) is 0 Å². The number of carbonyl (C=O) groups excluding carboxylic acids is 1. The fourth-order valence-corrected chi connectivity index (χ4v) is 1.95. The standard InChI is InChI=1S/C15H19N3O/c1-15(2,13-7-5-4-6-8-13)14(19)16-9-12-10-17-18(3)11-12/h4-8,10-11H,9H2,1-3H3,(H,16,19). The highest BCUT2D eigenvalue weighted by Crippen LogP contribution is 2.22. The second-order valence-corrected chi connectivity index (χ2v) is 5.20. The molecule has 0 bridgehead atoms. The first-order chi connectivity index (χ1) is 9.00. The normalized spacial score (nSPS) is 11.3. The topological polar surface area (TPSA) is 46.9 Å². The van der Waals surface area contributed by atoms with Gasteiger partial charge >= 0.3 is 0 Å². The van der Waals surface area contributed by atoms with Crippen molar-refractivity contribution in [2.24, 2.45) is 7.05 Å². The van der Waals surface area contributed by atoms with Crippen LogP contribution in [0.3, 0.4) is 0 Å². The van der Waals surface area contributed by atoms with Gasteiger partial charge in [-0.1, -0.05) is 30.3 Å². The van der Waals surface area contributed by atoms with Crippen LogP contribution in [0.1, 0.15) is 25.0 Å². The summed E-state index contributed by atoms with van der Waals surface area (Å²) in [6, 6.07) is 9.80. The third-order valence-electron chi connectivity index (χ3n) is 3.27. The highest BCUT2D eigenvalue weighted by Gasteiger charge is 2.29. The molecule has 4 heteroatoms. The zero-order valence-electron chi connectivity index (χ0n) is 11.6. The zero-order valence-corrected chi connectivity index (χ0v) is 11.6. The molecule has 0 radical (unpaired) electrons. The molecule has 0 aliphatic carbocycles. The smallest absolute Gasteiger partial charge is 0.230 e. The van der Waals surface area contributed by atoms with E-state index in [1.54, 1.807) is 10.9 Å². The van der Waals surface area contributed by atoms with Gasteiger partial charge in [0.05, 0.1) is 11.6 Å². The molecule has 100 valence electrons. The lowest BCUT2D eigenvalue weighted by molar-refractivity contribution is -0.125. The summed E-state index contributed by atoms with van der Waals surface area (Å²) >= 11 is 0. The monoisotopic (exact) mass is 257 g/mol. The van der Waals surface area contributed by atoms with Gasteiger partial charge in [0, 0.05) is 25.4 Å². The van der Waals surface area contributed by atoms with Gasteiger partial charge in [0.15, 0.2) is 0 Å². The average molecular weight is 257 g/mol. The third kappa shape index (κ3) is 3.02. The molecule has 0 spiro atoms. The Kier molecular flexibility index (Phi) is 3.69. The SMILES string of the molecule is Cn1cc(CNC(=O)C(C)(C)c2ccccc2)cn1. The number of nitrogens with zero attached hydrogens (tertiary/aromatic N) is 2. The van der Waals surface area contributed by atoms with Crippen LogP contribution in [0, 0.1) is 0 Å². The minimum Gasteiger partial charge on any atom is -0.351 e. The van der Waals surface area contributed by atoms with Gasteiger partial charge in [-0.05, 0) is 19.4 Å². The number of hydrogen-bond acceptors (Lipinski definition) is 2. The van der Waals surface area contributed by atoms with Crippen LogP contribution in [0.15, 0.2) is 42.7 Å². The van der Waals surface area contributed by atoms with Crippen LogP contribution in [0.4, 0.5) is 0 Å². The van der Waals surface area contributed by atoms with Gasteiger partial charge in [0.1, 0.15) is 0 Å². The van der Waals surface area contributed by atoms with E-state index in [4.69, 9.17) is 0 Å². The molecule has 1 N–H and O–H groups in total. The van der Waals surface area contributed by atoms with E-state index in [1.165, 1.54) is 0 Å². The molecule has 19 heavy (non-hydrogen) atoms. The van der Waals surface area contributed by atoms with E-state index in [1.807, 2.05) is 57.4 Å². The molecule has 0 aliphatic heterocycles. The van der Waals surface area contributed by atoms with Crippen molar-refractivity contribution < 1.29 is 4.79 Å². The maximum Gasteiger partial charge on any atom is 0.230 e. The van der Waals surface area contributed by atoms with E-state index in [0.29, 0.717) is 6.54 Å². The quantitative estimate of drug-likeness (QED) is 0.910. The Hall–Kier alpha value is -2.10. The molecule has 1 aromatic carbocycles. The Bertz CT molecular complexity index is 558. The van der Waals surface area contributed by atoms with Crippen molar-refractivity contribution in [1.29, 1.82) is 0 Å². The van der Waals surface area contributed by atoms with Crippen molar-refractivity contribution in [3.8, 4) is 0 Å². The number of amides is 1. The summed E-state index contributed by atoms with van der Waals surface area (Å²) in [5.74, 6) is 0.0163. The van der Waals surface area contributed by atoms with Crippen molar-refractivity contribution in [2.75, 3.05) is 0 Å². The Morgan fingerprint density at radius 3 is 2.58 bits per heavy atom.